The Kier molecular flexibility index (Phi) is 5.46. The van der Waals surface area contributed by atoms with E-state index >= 15 is 0 Å². The van der Waals surface area contributed by atoms with Gasteiger partial charge in [-0.1, -0.05) is 6.07 Å². The number of aryl methyl sites for hydroxylation is 1. The largest absolute Gasteiger partial charge is 0.497 e. The first-order valence-corrected chi connectivity index (χ1v) is 7.11. The van der Waals surface area contributed by atoms with Crippen molar-refractivity contribution in [2.24, 2.45) is 0 Å². The molecule has 0 spiro atoms. The minimum absolute atomic E-state index is 0.0927. The summed E-state index contributed by atoms with van der Waals surface area (Å²) in [5, 5.41) is 0. The van der Waals surface area contributed by atoms with E-state index < -0.39 is 5.97 Å². The lowest BCUT2D eigenvalue weighted by Crippen LogP contribution is -2.07. The maximum absolute atomic E-state index is 12.2. The van der Waals surface area contributed by atoms with Crippen LogP contribution in [0, 0.1) is 6.92 Å². The topological polar surface area (TPSA) is 54.0 Å². The maximum atomic E-state index is 12.2. The fourth-order valence-electron chi connectivity index (χ4n) is 2.17. The molecule has 2 aromatic carbocycles. The Morgan fingerprint density at radius 1 is 0.913 bits per heavy atom. The minimum atomic E-state index is -0.423. The highest BCUT2D eigenvalue weighted by Crippen LogP contribution is 2.25. The number of carbonyl (C=O) groups excluding carboxylic acids is 1. The van der Waals surface area contributed by atoms with Gasteiger partial charge in [0.2, 0.25) is 0 Å². The number of ether oxygens (including phenoxy) is 4. The van der Waals surface area contributed by atoms with Crippen molar-refractivity contribution in [3.8, 4) is 17.2 Å². The van der Waals surface area contributed by atoms with Gasteiger partial charge < -0.3 is 18.9 Å². The van der Waals surface area contributed by atoms with Crippen LogP contribution in [0.4, 0.5) is 0 Å². The first-order valence-electron chi connectivity index (χ1n) is 7.11. The van der Waals surface area contributed by atoms with Crippen LogP contribution >= 0.6 is 0 Å². The molecule has 0 aliphatic heterocycles. The Morgan fingerprint density at radius 3 is 2.30 bits per heavy atom. The van der Waals surface area contributed by atoms with Gasteiger partial charge in [0.05, 0.1) is 26.9 Å². The van der Waals surface area contributed by atoms with Crippen molar-refractivity contribution in [3.63, 3.8) is 0 Å². The average molecular weight is 316 g/mol. The number of benzene rings is 2. The van der Waals surface area contributed by atoms with Gasteiger partial charge in [-0.25, -0.2) is 4.79 Å². The second-order valence-corrected chi connectivity index (χ2v) is 4.94. The molecule has 0 saturated heterocycles. The predicted octanol–water partition coefficient (Wildman–Crippen LogP) is 3.38. The Morgan fingerprint density at radius 2 is 1.65 bits per heavy atom. The molecule has 0 aliphatic rings. The maximum Gasteiger partial charge on any atom is 0.338 e. The Bertz CT molecular complexity index is 694. The molecule has 5 nitrogen and oxygen atoms in total. The molecular weight excluding hydrogens is 296 g/mol. The molecule has 0 fully saturated rings. The number of rotatable bonds is 6. The van der Waals surface area contributed by atoms with E-state index in [4.69, 9.17) is 18.9 Å². The highest BCUT2D eigenvalue weighted by atomic mass is 16.5. The third-order valence-corrected chi connectivity index (χ3v) is 3.49. The van der Waals surface area contributed by atoms with Crippen LogP contribution in [-0.2, 0) is 11.3 Å². The van der Waals surface area contributed by atoms with E-state index in [1.165, 1.54) is 0 Å². The third kappa shape index (κ3) is 3.94. The van der Waals surface area contributed by atoms with E-state index in [9.17, 15) is 4.79 Å². The van der Waals surface area contributed by atoms with Crippen molar-refractivity contribution in [1.29, 1.82) is 0 Å². The second kappa shape index (κ2) is 7.54. The molecular formula is C18H20O5. The monoisotopic (exact) mass is 316 g/mol. The number of methoxy groups -OCH3 is 3. The van der Waals surface area contributed by atoms with E-state index in [0.717, 1.165) is 11.1 Å². The summed E-state index contributed by atoms with van der Waals surface area (Å²) < 4.78 is 21.0. The molecule has 0 aromatic heterocycles. The fraction of sp³-hybridized carbons (Fsp3) is 0.278. The van der Waals surface area contributed by atoms with E-state index in [2.05, 4.69) is 0 Å². The van der Waals surface area contributed by atoms with Gasteiger partial charge in [-0.3, -0.25) is 0 Å². The predicted molar refractivity (Wildman–Crippen MR) is 86.4 cm³/mol. The molecule has 0 aliphatic carbocycles. The first-order chi connectivity index (χ1) is 11.1. The highest BCUT2D eigenvalue weighted by Gasteiger charge is 2.12. The van der Waals surface area contributed by atoms with Gasteiger partial charge >= 0.3 is 5.97 Å². The van der Waals surface area contributed by atoms with Crippen LogP contribution in [0.5, 0.6) is 17.2 Å². The summed E-state index contributed by atoms with van der Waals surface area (Å²) in [7, 11) is 4.71. The standard InChI is InChI=1S/C18H20O5/c1-12-5-6-13(10-17(12)22-4)18(19)23-11-14-9-15(20-2)7-8-16(14)21-3/h5-10H,11H2,1-4H3. The summed E-state index contributed by atoms with van der Waals surface area (Å²) in [5.41, 5.74) is 2.13. The summed E-state index contributed by atoms with van der Waals surface area (Å²) in [6, 6.07) is 10.5. The summed E-state index contributed by atoms with van der Waals surface area (Å²) in [6.07, 6.45) is 0. The van der Waals surface area contributed by atoms with Crippen LogP contribution in [0.25, 0.3) is 0 Å². The Balaban J connectivity index is 2.13. The lowest BCUT2D eigenvalue weighted by molar-refractivity contribution is 0.0469. The zero-order chi connectivity index (χ0) is 16.8. The Hall–Kier alpha value is -2.69. The number of hydrogen-bond acceptors (Lipinski definition) is 5. The summed E-state index contributed by atoms with van der Waals surface area (Å²) in [5.74, 6) is 1.54. The van der Waals surface area contributed by atoms with Gasteiger partial charge in [-0.15, -0.1) is 0 Å². The third-order valence-electron chi connectivity index (χ3n) is 3.49. The van der Waals surface area contributed by atoms with Gasteiger partial charge in [-0.05, 0) is 42.8 Å². The minimum Gasteiger partial charge on any atom is -0.497 e. The van der Waals surface area contributed by atoms with Crippen LogP contribution < -0.4 is 14.2 Å². The fourth-order valence-corrected chi connectivity index (χ4v) is 2.17. The molecule has 0 heterocycles. The van der Waals surface area contributed by atoms with Crippen molar-refractivity contribution in [2.75, 3.05) is 21.3 Å². The molecule has 122 valence electrons. The van der Waals surface area contributed by atoms with Crippen molar-refractivity contribution >= 4 is 5.97 Å². The quantitative estimate of drug-likeness (QED) is 0.765. The molecule has 0 radical (unpaired) electrons. The van der Waals surface area contributed by atoms with E-state index in [0.29, 0.717) is 22.8 Å². The normalized spacial score (nSPS) is 10.1. The van der Waals surface area contributed by atoms with Gasteiger partial charge in [0.1, 0.15) is 23.9 Å². The average Bonchev–Trinajstić information content (AvgIpc) is 2.59. The van der Waals surface area contributed by atoms with E-state index in [-0.39, 0.29) is 6.61 Å². The van der Waals surface area contributed by atoms with Crippen LogP contribution in [0.2, 0.25) is 0 Å². The van der Waals surface area contributed by atoms with Crippen molar-refractivity contribution < 1.29 is 23.7 Å². The van der Waals surface area contributed by atoms with Crippen molar-refractivity contribution in [3.05, 3.63) is 53.1 Å². The lowest BCUT2D eigenvalue weighted by Gasteiger charge is -2.12. The zero-order valence-corrected chi connectivity index (χ0v) is 13.7. The molecule has 2 rings (SSSR count). The van der Waals surface area contributed by atoms with E-state index in [1.807, 2.05) is 13.0 Å². The number of hydrogen-bond donors (Lipinski definition) is 0. The molecule has 2 aromatic rings. The molecule has 0 bridgehead atoms. The van der Waals surface area contributed by atoms with Crippen molar-refractivity contribution in [2.45, 2.75) is 13.5 Å². The zero-order valence-electron chi connectivity index (χ0n) is 13.7. The van der Waals surface area contributed by atoms with E-state index in [1.54, 1.807) is 51.7 Å². The molecule has 0 unspecified atom stereocenters. The van der Waals surface area contributed by atoms with Crippen LogP contribution in [0.1, 0.15) is 21.5 Å². The SMILES string of the molecule is COc1ccc(OC)c(COC(=O)c2ccc(C)c(OC)c2)c1. The van der Waals surface area contributed by atoms with Gasteiger partial charge in [0, 0.05) is 5.56 Å². The smallest absolute Gasteiger partial charge is 0.338 e. The number of esters is 1. The molecule has 0 atom stereocenters. The summed E-state index contributed by atoms with van der Waals surface area (Å²) >= 11 is 0. The van der Waals surface area contributed by atoms with Crippen LogP contribution in [0.3, 0.4) is 0 Å². The van der Waals surface area contributed by atoms with Crippen LogP contribution in [0.15, 0.2) is 36.4 Å². The molecule has 0 saturated carbocycles. The summed E-state index contributed by atoms with van der Waals surface area (Å²) in [4.78, 5) is 12.2. The molecule has 0 N–H and O–H groups in total. The van der Waals surface area contributed by atoms with Crippen LogP contribution in [-0.4, -0.2) is 27.3 Å². The molecule has 23 heavy (non-hydrogen) atoms. The second-order valence-electron chi connectivity index (χ2n) is 4.94. The van der Waals surface area contributed by atoms with Gasteiger partial charge in [0.15, 0.2) is 0 Å². The molecule has 0 amide bonds. The number of carbonyl (C=O) groups is 1. The first kappa shape index (κ1) is 16.7. The lowest BCUT2D eigenvalue weighted by atomic mass is 10.1. The molecule has 5 heteroatoms. The van der Waals surface area contributed by atoms with Crippen molar-refractivity contribution in [1.82, 2.24) is 0 Å². The Labute approximate surface area is 135 Å². The van der Waals surface area contributed by atoms with Gasteiger partial charge in [0.25, 0.3) is 0 Å². The highest BCUT2D eigenvalue weighted by molar-refractivity contribution is 5.90. The van der Waals surface area contributed by atoms with Gasteiger partial charge in [-0.2, -0.15) is 0 Å². The summed E-state index contributed by atoms with van der Waals surface area (Å²) in [6.45, 7) is 2.00.